The van der Waals surface area contributed by atoms with Crippen LogP contribution in [0.5, 0.6) is 5.75 Å². The first-order chi connectivity index (χ1) is 9.19. The van der Waals surface area contributed by atoms with Crippen LogP contribution in [0.4, 0.5) is 0 Å². The second-order valence-corrected chi connectivity index (χ2v) is 5.33. The van der Waals surface area contributed by atoms with Gasteiger partial charge in [0.1, 0.15) is 12.4 Å². The van der Waals surface area contributed by atoms with Gasteiger partial charge in [0.05, 0.1) is 6.10 Å². The summed E-state index contributed by atoms with van der Waals surface area (Å²) in [6, 6.07) is 7.89. The van der Waals surface area contributed by atoms with Crippen molar-refractivity contribution in [1.82, 2.24) is 4.90 Å². The third kappa shape index (κ3) is 4.20. The number of hydrogen-bond acceptors (Lipinski definition) is 4. The Morgan fingerprint density at radius 2 is 2.32 bits per heavy atom. The second kappa shape index (κ2) is 6.89. The van der Waals surface area contributed by atoms with Gasteiger partial charge in [0.25, 0.3) is 0 Å². The molecule has 0 aliphatic carbocycles. The molecule has 1 heterocycles. The standard InChI is InChI=1S/C15H24N2O2/c1-12-5-6-17(11-15(12)18)7-8-19-14-4-2-3-13(9-14)10-16/h2-4,9,12,15,18H,5-8,10-11,16H2,1H3. The predicted molar refractivity (Wildman–Crippen MR) is 76.1 cm³/mol. The van der Waals surface area contributed by atoms with Crippen LogP contribution < -0.4 is 10.5 Å². The average Bonchev–Trinajstić information content (AvgIpc) is 2.43. The lowest BCUT2D eigenvalue weighted by molar-refractivity contribution is 0.0244. The summed E-state index contributed by atoms with van der Waals surface area (Å²) in [5.74, 6) is 1.28. The molecule has 1 fully saturated rings. The van der Waals surface area contributed by atoms with Gasteiger partial charge in [-0.15, -0.1) is 0 Å². The van der Waals surface area contributed by atoms with E-state index in [9.17, 15) is 5.11 Å². The van der Waals surface area contributed by atoms with Crippen LogP contribution in [-0.4, -0.2) is 42.4 Å². The van der Waals surface area contributed by atoms with Crippen LogP contribution in [0.1, 0.15) is 18.9 Å². The molecule has 1 aromatic carbocycles. The van der Waals surface area contributed by atoms with E-state index in [0.29, 0.717) is 19.1 Å². The zero-order valence-electron chi connectivity index (χ0n) is 11.6. The SMILES string of the molecule is CC1CCN(CCOc2cccc(CN)c2)CC1O. The molecule has 0 spiro atoms. The molecule has 0 radical (unpaired) electrons. The number of rotatable bonds is 5. The molecule has 0 saturated carbocycles. The third-order valence-electron chi connectivity index (χ3n) is 3.81. The maximum atomic E-state index is 9.84. The molecule has 19 heavy (non-hydrogen) atoms. The van der Waals surface area contributed by atoms with Crippen molar-refractivity contribution in [2.24, 2.45) is 11.7 Å². The van der Waals surface area contributed by atoms with E-state index in [-0.39, 0.29) is 6.10 Å². The van der Waals surface area contributed by atoms with Gasteiger partial charge < -0.3 is 15.6 Å². The smallest absolute Gasteiger partial charge is 0.119 e. The van der Waals surface area contributed by atoms with E-state index in [4.69, 9.17) is 10.5 Å². The molecular weight excluding hydrogens is 240 g/mol. The number of β-amino-alcohol motifs (C(OH)–C–C–N with tert-alkyl or cyclic N) is 1. The number of benzene rings is 1. The first-order valence-corrected chi connectivity index (χ1v) is 7.01. The van der Waals surface area contributed by atoms with Gasteiger partial charge in [-0.3, -0.25) is 4.90 Å². The summed E-state index contributed by atoms with van der Waals surface area (Å²) in [7, 11) is 0. The number of piperidine rings is 1. The minimum Gasteiger partial charge on any atom is -0.492 e. The lowest BCUT2D eigenvalue weighted by Gasteiger charge is -2.34. The Morgan fingerprint density at radius 1 is 1.47 bits per heavy atom. The molecule has 0 aromatic heterocycles. The molecule has 2 unspecified atom stereocenters. The highest BCUT2D eigenvalue weighted by Gasteiger charge is 2.23. The first kappa shape index (κ1) is 14.3. The highest BCUT2D eigenvalue weighted by atomic mass is 16.5. The van der Waals surface area contributed by atoms with Crippen LogP contribution in [0.3, 0.4) is 0 Å². The van der Waals surface area contributed by atoms with Gasteiger partial charge in [-0.05, 0) is 36.6 Å². The normalized spacial score (nSPS) is 24.4. The number of ether oxygens (including phenoxy) is 1. The Labute approximate surface area is 115 Å². The van der Waals surface area contributed by atoms with Crippen molar-refractivity contribution in [3.05, 3.63) is 29.8 Å². The maximum Gasteiger partial charge on any atom is 0.119 e. The monoisotopic (exact) mass is 264 g/mol. The molecule has 3 N–H and O–H groups in total. The van der Waals surface area contributed by atoms with Gasteiger partial charge in [0.15, 0.2) is 0 Å². The van der Waals surface area contributed by atoms with Gasteiger partial charge in [0, 0.05) is 19.6 Å². The molecule has 1 aliphatic rings. The number of likely N-dealkylation sites (tertiary alicyclic amines) is 1. The lowest BCUT2D eigenvalue weighted by Crippen LogP contribution is -2.44. The molecule has 0 bridgehead atoms. The van der Waals surface area contributed by atoms with Gasteiger partial charge >= 0.3 is 0 Å². The fraction of sp³-hybridized carbons (Fsp3) is 0.600. The minimum absolute atomic E-state index is 0.200. The molecule has 4 heteroatoms. The first-order valence-electron chi connectivity index (χ1n) is 7.01. The Kier molecular flexibility index (Phi) is 5.19. The van der Waals surface area contributed by atoms with Crippen molar-refractivity contribution in [2.45, 2.75) is 26.0 Å². The molecule has 1 saturated heterocycles. The molecule has 2 rings (SSSR count). The van der Waals surface area contributed by atoms with E-state index >= 15 is 0 Å². The van der Waals surface area contributed by atoms with Crippen LogP contribution in [0.15, 0.2) is 24.3 Å². The Balaban J connectivity index is 1.74. The van der Waals surface area contributed by atoms with E-state index in [1.54, 1.807) is 0 Å². The highest BCUT2D eigenvalue weighted by molar-refractivity contribution is 5.28. The Hall–Kier alpha value is -1.10. The van der Waals surface area contributed by atoms with Crippen molar-refractivity contribution >= 4 is 0 Å². The topological polar surface area (TPSA) is 58.7 Å². The van der Waals surface area contributed by atoms with Crippen LogP contribution in [-0.2, 0) is 6.54 Å². The van der Waals surface area contributed by atoms with Crippen molar-refractivity contribution in [1.29, 1.82) is 0 Å². The average molecular weight is 264 g/mol. The van der Waals surface area contributed by atoms with E-state index in [2.05, 4.69) is 11.8 Å². The van der Waals surface area contributed by atoms with Crippen LogP contribution in [0, 0.1) is 5.92 Å². The number of aliphatic hydroxyl groups is 1. The molecule has 1 aromatic rings. The second-order valence-electron chi connectivity index (χ2n) is 5.33. The molecule has 0 amide bonds. The molecular formula is C15H24N2O2. The Bertz CT molecular complexity index is 397. The van der Waals surface area contributed by atoms with Gasteiger partial charge in [0.2, 0.25) is 0 Å². The molecule has 2 atom stereocenters. The number of hydrogen-bond donors (Lipinski definition) is 2. The predicted octanol–water partition coefficient (Wildman–Crippen LogP) is 1.23. The number of nitrogens with two attached hydrogens (primary N) is 1. The van der Waals surface area contributed by atoms with Gasteiger partial charge in [-0.2, -0.15) is 0 Å². The number of aliphatic hydroxyl groups excluding tert-OH is 1. The van der Waals surface area contributed by atoms with Crippen LogP contribution >= 0.6 is 0 Å². The van der Waals surface area contributed by atoms with Crippen LogP contribution in [0.2, 0.25) is 0 Å². The summed E-state index contributed by atoms with van der Waals surface area (Å²) in [5, 5.41) is 9.84. The van der Waals surface area contributed by atoms with E-state index in [1.807, 2.05) is 24.3 Å². The highest BCUT2D eigenvalue weighted by Crippen LogP contribution is 2.17. The van der Waals surface area contributed by atoms with Crippen molar-refractivity contribution in [2.75, 3.05) is 26.2 Å². The quantitative estimate of drug-likeness (QED) is 0.840. The summed E-state index contributed by atoms with van der Waals surface area (Å²) in [5.41, 5.74) is 6.68. The minimum atomic E-state index is -0.200. The van der Waals surface area contributed by atoms with E-state index in [0.717, 1.165) is 37.4 Å². The zero-order valence-corrected chi connectivity index (χ0v) is 11.6. The number of nitrogens with zero attached hydrogens (tertiary/aromatic N) is 1. The van der Waals surface area contributed by atoms with Crippen molar-refractivity contribution < 1.29 is 9.84 Å². The summed E-state index contributed by atoms with van der Waals surface area (Å²) in [6.07, 6.45) is 0.860. The zero-order chi connectivity index (χ0) is 13.7. The van der Waals surface area contributed by atoms with Crippen molar-refractivity contribution in [3.8, 4) is 5.75 Å². The fourth-order valence-corrected chi connectivity index (χ4v) is 2.37. The summed E-state index contributed by atoms with van der Waals surface area (Å²) < 4.78 is 5.73. The third-order valence-corrected chi connectivity index (χ3v) is 3.81. The summed E-state index contributed by atoms with van der Waals surface area (Å²) >= 11 is 0. The fourth-order valence-electron chi connectivity index (χ4n) is 2.37. The summed E-state index contributed by atoms with van der Waals surface area (Å²) in [6.45, 7) is 5.95. The largest absolute Gasteiger partial charge is 0.492 e. The lowest BCUT2D eigenvalue weighted by atomic mass is 9.96. The van der Waals surface area contributed by atoms with E-state index < -0.39 is 0 Å². The summed E-state index contributed by atoms with van der Waals surface area (Å²) in [4.78, 5) is 2.26. The maximum absolute atomic E-state index is 9.84. The van der Waals surface area contributed by atoms with Gasteiger partial charge in [-0.25, -0.2) is 0 Å². The van der Waals surface area contributed by atoms with Crippen molar-refractivity contribution in [3.63, 3.8) is 0 Å². The Morgan fingerprint density at radius 3 is 3.05 bits per heavy atom. The van der Waals surface area contributed by atoms with Crippen LogP contribution in [0.25, 0.3) is 0 Å². The molecule has 4 nitrogen and oxygen atoms in total. The molecule has 1 aliphatic heterocycles. The van der Waals surface area contributed by atoms with E-state index in [1.165, 1.54) is 0 Å². The molecule has 106 valence electrons. The van der Waals surface area contributed by atoms with Gasteiger partial charge in [-0.1, -0.05) is 19.1 Å².